The van der Waals surface area contributed by atoms with Gasteiger partial charge in [-0.05, 0) is 32.5 Å². The Morgan fingerprint density at radius 1 is 1.33 bits per heavy atom. The molecule has 42 heavy (non-hydrogen) atoms. The standard InChI is InChI=1S/C28H30ClF3N8O2/c1-15-7-24(41)40(13-15)14-36-10-20(16(2)34-4)17(3)37-9-18(8-33)38-28(42)23-12-35-11-22(39-23)25-19(27(31)32)5-6-21(29)26(25)30/h5-6,8-12,15,17,27H,4,7,13-14,33H2,1-3H3,(H,38,42)/b18-8+,20-16+,36-10-,37-9?/t15?,17-/m0/s1. The number of carbonyl (C=O) groups is 2. The summed E-state index contributed by atoms with van der Waals surface area (Å²) < 4.78 is 41.8. The van der Waals surface area contributed by atoms with E-state index in [0.717, 1.165) is 30.7 Å². The highest BCUT2D eigenvalue weighted by Crippen LogP contribution is 2.35. The number of alkyl halides is 2. The Hall–Kier alpha value is -4.39. The fourth-order valence-corrected chi connectivity index (χ4v) is 4.28. The molecule has 1 fully saturated rings. The van der Waals surface area contributed by atoms with Gasteiger partial charge in [0.05, 0.1) is 34.8 Å². The van der Waals surface area contributed by atoms with Crippen molar-refractivity contribution in [3.63, 3.8) is 0 Å². The summed E-state index contributed by atoms with van der Waals surface area (Å²) in [5, 5.41) is 2.11. The van der Waals surface area contributed by atoms with Crippen molar-refractivity contribution in [1.82, 2.24) is 20.2 Å². The Morgan fingerprint density at radius 2 is 2.07 bits per heavy atom. The highest BCUT2D eigenvalue weighted by Gasteiger charge is 2.26. The molecule has 3 N–H and O–H groups in total. The molecule has 14 heteroatoms. The molecule has 1 aliphatic rings. The number of allylic oxidation sites excluding steroid dienone is 2. The number of nitrogens with zero attached hydrogens (tertiary/aromatic N) is 6. The third-order valence-corrected chi connectivity index (χ3v) is 6.65. The van der Waals surface area contributed by atoms with E-state index in [1.165, 1.54) is 6.21 Å². The molecule has 2 aromatic rings. The summed E-state index contributed by atoms with van der Waals surface area (Å²) in [5.74, 6) is -1.58. The summed E-state index contributed by atoms with van der Waals surface area (Å²) in [7, 11) is 0. The van der Waals surface area contributed by atoms with Gasteiger partial charge >= 0.3 is 0 Å². The van der Waals surface area contributed by atoms with Gasteiger partial charge in [0.1, 0.15) is 12.4 Å². The second-order valence-electron chi connectivity index (χ2n) is 9.52. The van der Waals surface area contributed by atoms with Crippen LogP contribution in [-0.4, -0.2) is 65.1 Å². The molecule has 1 unspecified atom stereocenters. The molecule has 2 atom stereocenters. The molecule has 0 aliphatic carbocycles. The molecule has 0 bridgehead atoms. The van der Waals surface area contributed by atoms with Crippen LogP contribution in [0.1, 0.15) is 49.7 Å². The summed E-state index contributed by atoms with van der Waals surface area (Å²) in [6, 6.07) is 1.50. The van der Waals surface area contributed by atoms with Crippen LogP contribution in [0.15, 0.2) is 62.7 Å². The zero-order chi connectivity index (χ0) is 31.0. The Bertz CT molecular complexity index is 1480. The maximum atomic E-state index is 14.7. The molecule has 3 rings (SSSR count). The van der Waals surface area contributed by atoms with Crippen LogP contribution in [0.2, 0.25) is 5.02 Å². The third-order valence-electron chi connectivity index (χ3n) is 6.36. The lowest BCUT2D eigenvalue weighted by atomic mass is 10.0. The minimum Gasteiger partial charge on any atom is -0.403 e. The van der Waals surface area contributed by atoms with E-state index in [-0.39, 0.29) is 40.6 Å². The monoisotopic (exact) mass is 602 g/mol. The number of hydrogen-bond donors (Lipinski definition) is 2. The predicted octanol–water partition coefficient (Wildman–Crippen LogP) is 4.73. The fraction of sp³-hybridized carbons (Fsp3) is 0.321. The molecule has 10 nitrogen and oxygen atoms in total. The van der Waals surface area contributed by atoms with Crippen molar-refractivity contribution < 1.29 is 22.8 Å². The molecule has 2 amide bonds. The average Bonchev–Trinajstić information content (AvgIpc) is 3.29. The zero-order valence-electron chi connectivity index (χ0n) is 23.2. The van der Waals surface area contributed by atoms with Gasteiger partial charge in [-0.2, -0.15) is 0 Å². The maximum Gasteiger partial charge on any atom is 0.275 e. The number of rotatable bonds is 11. The Labute approximate surface area is 246 Å². The van der Waals surface area contributed by atoms with Gasteiger partial charge in [-0.3, -0.25) is 29.6 Å². The smallest absolute Gasteiger partial charge is 0.275 e. The first-order valence-corrected chi connectivity index (χ1v) is 13.1. The van der Waals surface area contributed by atoms with Crippen molar-refractivity contribution in [2.45, 2.75) is 39.7 Å². The average molecular weight is 603 g/mol. The molecule has 222 valence electrons. The molecule has 0 spiro atoms. The SMILES string of the molecule is C=N/C(C)=C(\C=N/CN1CC(C)CC1=O)[C@H](C)N=C/C(=C\N)NC(=O)c1cncc(-c2c(C(F)F)ccc(Cl)c2F)n1. The van der Waals surface area contributed by atoms with Crippen LogP contribution in [0, 0.1) is 11.7 Å². The molecule has 1 aliphatic heterocycles. The van der Waals surface area contributed by atoms with Crippen molar-refractivity contribution in [2.75, 3.05) is 13.2 Å². The van der Waals surface area contributed by atoms with Crippen LogP contribution in [0.25, 0.3) is 11.3 Å². The highest BCUT2D eigenvalue weighted by molar-refractivity contribution is 6.31. The van der Waals surface area contributed by atoms with Gasteiger partial charge in [-0.25, -0.2) is 18.2 Å². The van der Waals surface area contributed by atoms with Crippen molar-refractivity contribution in [3.8, 4) is 11.3 Å². The number of halogens is 4. The summed E-state index contributed by atoms with van der Waals surface area (Å²) in [6.07, 6.45) is 3.58. The van der Waals surface area contributed by atoms with Gasteiger partial charge < -0.3 is 16.0 Å². The lowest BCUT2D eigenvalue weighted by molar-refractivity contribution is -0.127. The Morgan fingerprint density at radius 3 is 2.69 bits per heavy atom. The largest absolute Gasteiger partial charge is 0.403 e. The van der Waals surface area contributed by atoms with E-state index in [9.17, 15) is 22.8 Å². The van der Waals surface area contributed by atoms with Crippen molar-refractivity contribution in [1.29, 1.82) is 0 Å². The first-order valence-electron chi connectivity index (χ1n) is 12.8. The minimum absolute atomic E-state index is 0.0469. The number of nitrogens with one attached hydrogen (secondary N) is 1. The minimum atomic E-state index is -3.02. The number of aromatic nitrogens is 2. The van der Waals surface area contributed by atoms with Gasteiger partial charge in [-0.1, -0.05) is 24.6 Å². The fourth-order valence-electron chi connectivity index (χ4n) is 4.13. The molecular weight excluding hydrogens is 573 g/mol. The van der Waals surface area contributed by atoms with Crippen molar-refractivity contribution in [2.24, 2.45) is 26.6 Å². The number of aliphatic imine (C=N–C) groups is 3. The topological polar surface area (TPSA) is 138 Å². The van der Waals surface area contributed by atoms with Crippen LogP contribution in [-0.2, 0) is 4.79 Å². The summed E-state index contributed by atoms with van der Waals surface area (Å²) in [5.41, 5.74) is 5.15. The molecule has 1 aromatic heterocycles. The van der Waals surface area contributed by atoms with Gasteiger partial charge in [0.15, 0.2) is 5.82 Å². The van der Waals surface area contributed by atoms with Crippen LogP contribution in [0.4, 0.5) is 13.2 Å². The van der Waals surface area contributed by atoms with Gasteiger partial charge in [0.25, 0.3) is 12.3 Å². The lowest BCUT2D eigenvalue weighted by Gasteiger charge is -2.14. The van der Waals surface area contributed by atoms with E-state index in [0.29, 0.717) is 24.2 Å². The van der Waals surface area contributed by atoms with Crippen LogP contribution >= 0.6 is 11.6 Å². The number of nitrogens with two attached hydrogens (primary N) is 1. The van der Waals surface area contributed by atoms with E-state index in [4.69, 9.17) is 17.3 Å². The summed E-state index contributed by atoms with van der Waals surface area (Å²) in [4.78, 5) is 47.2. The van der Waals surface area contributed by atoms with Crippen molar-refractivity contribution in [3.05, 3.63) is 69.8 Å². The molecule has 1 aromatic carbocycles. The summed E-state index contributed by atoms with van der Waals surface area (Å²) >= 11 is 5.79. The highest BCUT2D eigenvalue weighted by atomic mass is 35.5. The van der Waals surface area contributed by atoms with Crippen molar-refractivity contribution >= 4 is 42.6 Å². The number of hydrogen-bond acceptors (Lipinski definition) is 8. The Kier molecular flexibility index (Phi) is 11.1. The number of likely N-dealkylation sites (tertiary alicyclic amines) is 1. The van der Waals surface area contributed by atoms with Crippen LogP contribution in [0.5, 0.6) is 0 Å². The van der Waals surface area contributed by atoms with Gasteiger partial charge in [0.2, 0.25) is 5.91 Å². The quantitative estimate of drug-likeness (QED) is 0.358. The van der Waals surface area contributed by atoms with E-state index >= 15 is 0 Å². The summed E-state index contributed by atoms with van der Waals surface area (Å²) in [6.45, 7) is 9.90. The van der Waals surface area contributed by atoms with E-state index in [2.05, 4.69) is 37.0 Å². The first-order chi connectivity index (χ1) is 20.0. The molecule has 2 heterocycles. The van der Waals surface area contributed by atoms with Gasteiger partial charge in [-0.15, -0.1) is 0 Å². The third kappa shape index (κ3) is 7.87. The second kappa shape index (κ2) is 14.5. The van der Waals surface area contributed by atoms with Gasteiger partial charge in [0, 0.05) is 54.0 Å². The number of benzene rings is 1. The molecule has 0 saturated carbocycles. The van der Waals surface area contributed by atoms with E-state index in [1.807, 2.05) is 6.92 Å². The first kappa shape index (κ1) is 32.1. The lowest BCUT2D eigenvalue weighted by Crippen LogP contribution is -2.26. The Balaban J connectivity index is 1.76. The zero-order valence-corrected chi connectivity index (χ0v) is 23.9. The molecule has 1 saturated heterocycles. The predicted molar refractivity (Wildman–Crippen MR) is 156 cm³/mol. The second-order valence-corrected chi connectivity index (χ2v) is 9.93. The number of amides is 2. The molecular formula is C28H30ClF3N8O2. The maximum absolute atomic E-state index is 14.7. The van der Waals surface area contributed by atoms with E-state index in [1.54, 1.807) is 25.0 Å². The number of carbonyl (C=O) groups excluding carboxylic acids is 2. The van der Waals surface area contributed by atoms with Crippen LogP contribution < -0.4 is 11.1 Å². The van der Waals surface area contributed by atoms with E-state index < -0.39 is 35.3 Å². The molecule has 0 radical (unpaired) electrons. The normalized spacial score (nSPS) is 17.3. The van der Waals surface area contributed by atoms with Crippen LogP contribution in [0.3, 0.4) is 0 Å².